The molecule has 0 aliphatic heterocycles. The maximum Gasteiger partial charge on any atom is 0.254 e. The molecule has 124 valence electrons. The first-order valence-electron chi connectivity index (χ1n) is 7.76. The van der Waals surface area contributed by atoms with E-state index in [4.69, 9.17) is 4.52 Å². The normalized spacial score (nSPS) is 10.9. The molecule has 7 nitrogen and oxygen atoms in total. The van der Waals surface area contributed by atoms with Gasteiger partial charge in [0, 0.05) is 42.3 Å². The van der Waals surface area contributed by atoms with Crippen molar-refractivity contribution >= 4 is 16.8 Å². The molecule has 1 amide bonds. The van der Waals surface area contributed by atoms with Gasteiger partial charge in [-0.15, -0.1) is 0 Å². The molecule has 25 heavy (non-hydrogen) atoms. The van der Waals surface area contributed by atoms with Crippen molar-refractivity contribution in [2.45, 2.75) is 6.54 Å². The number of nitrogens with one attached hydrogen (secondary N) is 1. The number of H-pyrrole nitrogens is 1. The van der Waals surface area contributed by atoms with Gasteiger partial charge in [-0.3, -0.25) is 9.78 Å². The van der Waals surface area contributed by atoms with E-state index in [-0.39, 0.29) is 12.5 Å². The lowest BCUT2D eigenvalue weighted by atomic mass is 10.1. The Morgan fingerprint density at radius 1 is 1.28 bits per heavy atom. The van der Waals surface area contributed by atoms with Crippen LogP contribution in [-0.2, 0) is 6.54 Å². The van der Waals surface area contributed by atoms with Crippen LogP contribution in [0.15, 0.2) is 59.5 Å². The van der Waals surface area contributed by atoms with Gasteiger partial charge in [-0.05, 0) is 35.7 Å². The van der Waals surface area contributed by atoms with Gasteiger partial charge in [-0.1, -0.05) is 11.2 Å². The van der Waals surface area contributed by atoms with Crippen molar-refractivity contribution in [3.63, 3.8) is 0 Å². The molecule has 3 heterocycles. The molecule has 4 aromatic rings. The Morgan fingerprint density at radius 3 is 3.04 bits per heavy atom. The Bertz CT molecular complexity index is 1020. The van der Waals surface area contributed by atoms with E-state index >= 15 is 0 Å². The molecule has 0 bridgehead atoms. The predicted octanol–water partition coefficient (Wildman–Crippen LogP) is 2.89. The minimum atomic E-state index is -0.113. The van der Waals surface area contributed by atoms with Crippen LogP contribution in [0, 0.1) is 0 Å². The molecule has 0 radical (unpaired) electrons. The number of hydrogen-bond acceptors (Lipinski definition) is 5. The first-order valence-corrected chi connectivity index (χ1v) is 7.76. The summed E-state index contributed by atoms with van der Waals surface area (Å²) in [6, 6.07) is 11.2. The first-order chi connectivity index (χ1) is 12.2. The number of carbonyl (C=O) groups excluding carboxylic acids is 1. The van der Waals surface area contributed by atoms with Gasteiger partial charge < -0.3 is 14.4 Å². The van der Waals surface area contributed by atoms with Crippen molar-refractivity contribution in [3.05, 3.63) is 66.4 Å². The molecule has 0 aliphatic carbocycles. The Hall–Kier alpha value is -3.48. The number of hydrogen-bond donors (Lipinski definition) is 1. The third-order valence-electron chi connectivity index (χ3n) is 3.91. The highest BCUT2D eigenvalue weighted by Gasteiger charge is 2.16. The fourth-order valence-electron chi connectivity index (χ4n) is 2.61. The first kappa shape index (κ1) is 15.1. The number of fused-ring (bicyclic) bond motifs is 1. The molecular weight excluding hydrogens is 318 g/mol. The molecule has 1 aromatic carbocycles. The van der Waals surface area contributed by atoms with Gasteiger partial charge >= 0.3 is 0 Å². The molecule has 3 aromatic heterocycles. The summed E-state index contributed by atoms with van der Waals surface area (Å²) in [6.07, 6.45) is 5.19. The van der Waals surface area contributed by atoms with Crippen molar-refractivity contribution in [1.29, 1.82) is 0 Å². The lowest BCUT2D eigenvalue weighted by Crippen LogP contribution is -2.26. The summed E-state index contributed by atoms with van der Waals surface area (Å²) in [5.41, 5.74) is 2.30. The molecule has 0 spiro atoms. The zero-order valence-corrected chi connectivity index (χ0v) is 13.5. The highest BCUT2D eigenvalue weighted by atomic mass is 16.5. The highest BCUT2D eigenvalue weighted by molar-refractivity contribution is 5.97. The van der Waals surface area contributed by atoms with Crippen LogP contribution in [-0.4, -0.2) is 38.0 Å². The summed E-state index contributed by atoms with van der Waals surface area (Å²) in [5.74, 6) is 0.713. The second-order valence-electron chi connectivity index (χ2n) is 5.69. The molecule has 0 unspecified atom stereocenters. The van der Waals surface area contributed by atoms with Crippen molar-refractivity contribution < 1.29 is 9.32 Å². The number of benzene rings is 1. The Kier molecular flexibility index (Phi) is 3.74. The van der Waals surface area contributed by atoms with Gasteiger partial charge in [0.2, 0.25) is 11.7 Å². The van der Waals surface area contributed by atoms with E-state index in [9.17, 15) is 4.79 Å². The van der Waals surface area contributed by atoms with Gasteiger partial charge in [0.25, 0.3) is 5.91 Å². The molecule has 0 fully saturated rings. The second-order valence-corrected chi connectivity index (χ2v) is 5.69. The number of aromatic amines is 1. The van der Waals surface area contributed by atoms with Crippen LogP contribution in [0.3, 0.4) is 0 Å². The van der Waals surface area contributed by atoms with Crippen molar-refractivity contribution in [3.8, 4) is 11.4 Å². The quantitative estimate of drug-likeness (QED) is 0.620. The molecule has 0 aliphatic rings. The second kappa shape index (κ2) is 6.20. The predicted molar refractivity (Wildman–Crippen MR) is 91.6 cm³/mol. The minimum Gasteiger partial charge on any atom is -0.361 e. The zero-order valence-electron chi connectivity index (χ0n) is 13.5. The van der Waals surface area contributed by atoms with Crippen molar-refractivity contribution in [1.82, 2.24) is 25.0 Å². The van der Waals surface area contributed by atoms with E-state index in [1.807, 2.05) is 36.5 Å². The van der Waals surface area contributed by atoms with Gasteiger partial charge in [0.1, 0.15) is 0 Å². The van der Waals surface area contributed by atoms with Gasteiger partial charge in [0.05, 0.1) is 6.54 Å². The van der Waals surface area contributed by atoms with Crippen molar-refractivity contribution in [2.24, 2.45) is 0 Å². The largest absolute Gasteiger partial charge is 0.361 e. The molecule has 0 atom stereocenters. The standard InChI is InChI=1S/C18H15N5O2/c1-23(18(24)13-5-4-12-6-8-20-15(12)9-13)11-16-21-17(22-25-16)14-3-2-7-19-10-14/h2-10,20H,11H2,1H3. The minimum absolute atomic E-state index is 0.113. The molecule has 7 heteroatoms. The molecule has 1 N–H and O–H groups in total. The summed E-state index contributed by atoms with van der Waals surface area (Å²) < 4.78 is 5.24. The fraction of sp³-hybridized carbons (Fsp3) is 0.111. The number of pyridine rings is 1. The van der Waals surface area contributed by atoms with Crippen molar-refractivity contribution in [2.75, 3.05) is 7.05 Å². The van der Waals surface area contributed by atoms with E-state index in [0.29, 0.717) is 17.3 Å². The summed E-state index contributed by atoms with van der Waals surface area (Å²) >= 11 is 0. The topological polar surface area (TPSA) is 87.9 Å². The summed E-state index contributed by atoms with van der Waals surface area (Å²) in [7, 11) is 1.70. The molecule has 4 rings (SSSR count). The number of carbonyl (C=O) groups is 1. The summed E-state index contributed by atoms with van der Waals surface area (Å²) in [4.78, 5) is 25.6. The maximum atomic E-state index is 12.6. The van der Waals surface area contributed by atoms with E-state index in [2.05, 4.69) is 20.1 Å². The van der Waals surface area contributed by atoms with Gasteiger partial charge in [0.15, 0.2) is 0 Å². The Morgan fingerprint density at radius 2 is 2.20 bits per heavy atom. The maximum absolute atomic E-state index is 12.6. The number of rotatable bonds is 4. The third kappa shape index (κ3) is 2.99. The van der Waals surface area contributed by atoms with E-state index in [0.717, 1.165) is 16.5 Å². The van der Waals surface area contributed by atoms with E-state index in [1.54, 1.807) is 30.4 Å². The highest BCUT2D eigenvalue weighted by Crippen LogP contribution is 2.17. The zero-order chi connectivity index (χ0) is 17.2. The van der Waals surface area contributed by atoms with Crippen LogP contribution in [0.4, 0.5) is 0 Å². The third-order valence-corrected chi connectivity index (χ3v) is 3.91. The summed E-state index contributed by atoms with van der Waals surface area (Å²) in [5, 5.41) is 5.00. The van der Waals surface area contributed by atoms with Crippen LogP contribution in [0.25, 0.3) is 22.3 Å². The fourth-order valence-corrected chi connectivity index (χ4v) is 2.61. The number of nitrogens with zero attached hydrogens (tertiary/aromatic N) is 4. The van der Waals surface area contributed by atoms with Crippen LogP contribution in [0.1, 0.15) is 16.2 Å². The van der Waals surface area contributed by atoms with Gasteiger partial charge in [-0.25, -0.2) is 0 Å². The lowest BCUT2D eigenvalue weighted by Gasteiger charge is -2.14. The number of aromatic nitrogens is 4. The molecule has 0 saturated carbocycles. The monoisotopic (exact) mass is 333 g/mol. The van der Waals surface area contributed by atoms with Crippen LogP contribution in [0.5, 0.6) is 0 Å². The number of amides is 1. The van der Waals surface area contributed by atoms with E-state index < -0.39 is 0 Å². The average molecular weight is 333 g/mol. The Labute approximate surface area is 143 Å². The van der Waals surface area contributed by atoms with Gasteiger partial charge in [-0.2, -0.15) is 4.98 Å². The average Bonchev–Trinajstić information content (AvgIpc) is 3.30. The van der Waals surface area contributed by atoms with E-state index in [1.165, 1.54) is 0 Å². The SMILES string of the molecule is CN(Cc1nc(-c2cccnc2)no1)C(=O)c1ccc2cc[nH]c2c1. The lowest BCUT2D eigenvalue weighted by molar-refractivity contribution is 0.0769. The summed E-state index contributed by atoms with van der Waals surface area (Å²) in [6.45, 7) is 0.231. The smallest absolute Gasteiger partial charge is 0.254 e. The van der Waals surface area contributed by atoms with Crippen LogP contribution in [0.2, 0.25) is 0 Å². The molecular formula is C18H15N5O2. The van der Waals surface area contributed by atoms with Crippen LogP contribution >= 0.6 is 0 Å². The van der Waals surface area contributed by atoms with Crippen LogP contribution < -0.4 is 0 Å². The molecule has 0 saturated heterocycles. The Balaban J connectivity index is 1.50.